The first-order chi connectivity index (χ1) is 10.1. The predicted molar refractivity (Wildman–Crippen MR) is 76.9 cm³/mol. The first-order valence-electron chi connectivity index (χ1n) is 7.22. The second kappa shape index (κ2) is 5.40. The van der Waals surface area contributed by atoms with Gasteiger partial charge in [0.2, 0.25) is 11.8 Å². The molecule has 0 aliphatic carbocycles. The van der Waals surface area contributed by atoms with Crippen molar-refractivity contribution in [2.45, 2.75) is 25.2 Å². The molecule has 2 aliphatic heterocycles. The highest BCUT2D eigenvalue weighted by Gasteiger charge is 2.42. The molecule has 2 fully saturated rings. The summed E-state index contributed by atoms with van der Waals surface area (Å²) in [7, 11) is 0. The minimum Gasteiger partial charge on any atom is -0.366 e. The van der Waals surface area contributed by atoms with E-state index in [9.17, 15) is 9.59 Å². The highest BCUT2D eigenvalue weighted by Crippen LogP contribution is 2.29. The minimum absolute atomic E-state index is 0.227. The van der Waals surface area contributed by atoms with Crippen molar-refractivity contribution in [2.75, 3.05) is 31.1 Å². The van der Waals surface area contributed by atoms with E-state index in [1.807, 2.05) is 0 Å². The molecule has 0 radical (unpaired) electrons. The largest absolute Gasteiger partial charge is 0.366 e. The topological polar surface area (TPSA) is 87.2 Å². The van der Waals surface area contributed by atoms with Crippen LogP contribution >= 0.6 is 0 Å². The van der Waals surface area contributed by atoms with Crippen molar-refractivity contribution in [3.05, 3.63) is 18.2 Å². The Hall–Kier alpha value is -2.02. The van der Waals surface area contributed by atoms with Gasteiger partial charge in [0, 0.05) is 32.6 Å². The number of piperazine rings is 1. The molecule has 0 bridgehead atoms. The Labute approximate surface area is 123 Å². The van der Waals surface area contributed by atoms with Crippen LogP contribution < -0.4 is 15.5 Å². The molecule has 0 saturated carbocycles. The van der Waals surface area contributed by atoms with Crippen LogP contribution in [0, 0.1) is 0 Å². The van der Waals surface area contributed by atoms with Gasteiger partial charge in [-0.3, -0.25) is 14.9 Å². The molecular formula is C14H19N5O2. The van der Waals surface area contributed by atoms with E-state index >= 15 is 0 Å². The Kier molecular flexibility index (Phi) is 3.59. The lowest BCUT2D eigenvalue weighted by molar-refractivity contribution is -0.137. The third-order valence-electron chi connectivity index (χ3n) is 4.22. The molecule has 3 rings (SSSR count). The van der Waals surface area contributed by atoms with Gasteiger partial charge in [-0.1, -0.05) is 0 Å². The second-order valence-electron chi connectivity index (χ2n) is 5.71. The van der Waals surface area contributed by atoms with Gasteiger partial charge in [0.15, 0.2) is 0 Å². The molecule has 0 unspecified atom stereocenters. The summed E-state index contributed by atoms with van der Waals surface area (Å²) in [4.78, 5) is 34.3. The molecule has 7 nitrogen and oxygen atoms in total. The Morgan fingerprint density at radius 2 is 1.86 bits per heavy atom. The van der Waals surface area contributed by atoms with Crippen molar-refractivity contribution in [3.8, 4) is 0 Å². The van der Waals surface area contributed by atoms with E-state index in [4.69, 9.17) is 0 Å². The predicted octanol–water partition coefficient (Wildman–Crippen LogP) is -0.419. The monoisotopic (exact) mass is 289 g/mol. The number of hydrogen-bond donors (Lipinski definition) is 2. The summed E-state index contributed by atoms with van der Waals surface area (Å²) in [5, 5.41) is 5.67. The first-order valence-corrected chi connectivity index (χ1v) is 7.22. The molecule has 7 heteroatoms. The number of nitrogens with zero attached hydrogens (tertiary/aromatic N) is 3. The first kappa shape index (κ1) is 13.9. The van der Waals surface area contributed by atoms with Crippen molar-refractivity contribution >= 4 is 17.5 Å². The second-order valence-corrected chi connectivity index (χ2v) is 5.71. The highest BCUT2D eigenvalue weighted by molar-refractivity contribution is 6.02. The summed E-state index contributed by atoms with van der Waals surface area (Å²) in [5.74, 6) is -0.0602. The summed E-state index contributed by atoms with van der Waals surface area (Å²) in [6, 6.07) is 0. The average molecular weight is 289 g/mol. The summed E-state index contributed by atoms with van der Waals surface area (Å²) in [6.45, 7) is 5.53. The third-order valence-corrected chi connectivity index (χ3v) is 4.22. The molecule has 1 aromatic heterocycles. The quantitative estimate of drug-likeness (QED) is 0.719. The maximum absolute atomic E-state index is 12.1. The van der Waals surface area contributed by atoms with Crippen LogP contribution in [0.2, 0.25) is 0 Å². The molecule has 3 heterocycles. The Morgan fingerprint density at radius 1 is 1.19 bits per heavy atom. The van der Waals surface area contributed by atoms with Crippen molar-refractivity contribution in [1.29, 1.82) is 0 Å². The number of hydrogen-bond acceptors (Lipinski definition) is 6. The standard InChI is InChI=1S/C14H19N5O2/c1-14(3-2-11(20)18-13(14)21)12-16-8-10(9-17-12)19-6-4-15-5-7-19/h8-9,15H,2-7H2,1H3,(H,18,20,21)/t14-/m1/s1. The van der Waals surface area contributed by atoms with Gasteiger partial charge in [-0.05, 0) is 13.3 Å². The maximum Gasteiger partial charge on any atom is 0.240 e. The number of imide groups is 1. The van der Waals surface area contributed by atoms with E-state index in [1.54, 1.807) is 19.3 Å². The van der Waals surface area contributed by atoms with Crippen LogP contribution in [-0.4, -0.2) is 48.0 Å². The van der Waals surface area contributed by atoms with Crippen LogP contribution in [0.15, 0.2) is 12.4 Å². The molecule has 2 aliphatic rings. The van der Waals surface area contributed by atoms with Crippen LogP contribution in [0.1, 0.15) is 25.6 Å². The molecule has 2 saturated heterocycles. The van der Waals surface area contributed by atoms with Gasteiger partial charge >= 0.3 is 0 Å². The van der Waals surface area contributed by atoms with Crippen LogP contribution in [0.4, 0.5) is 5.69 Å². The van der Waals surface area contributed by atoms with Gasteiger partial charge in [-0.25, -0.2) is 9.97 Å². The van der Waals surface area contributed by atoms with Crippen molar-refractivity contribution in [2.24, 2.45) is 0 Å². The zero-order chi connectivity index (χ0) is 14.9. The number of carbonyl (C=O) groups is 2. The lowest BCUT2D eigenvalue weighted by Crippen LogP contribution is -2.50. The average Bonchev–Trinajstić information content (AvgIpc) is 2.52. The fourth-order valence-electron chi connectivity index (χ4n) is 2.71. The molecule has 1 atom stereocenters. The van der Waals surface area contributed by atoms with E-state index in [0.29, 0.717) is 18.7 Å². The normalized spacial score (nSPS) is 26.6. The molecular weight excluding hydrogens is 270 g/mol. The zero-order valence-electron chi connectivity index (χ0n) is 12.1. The summed E-state index contributed by atoms with van der Waals surface area (Å²) in [5.41, 5.74) is 0.145. The van der Waals surface area contributed by atoms with Crippen LogP contribution in [-0.2, 0) is 15.0 Å². The zero-order valence-corrected chi connectivity index (χ0v) is 12.1. The summed E-state index contributed by atoms with van der Waals surface area (Å²) in [6.07, 6.45) is 4.31. The van der Waals surface area contributed by atoms with Crippen LogP contribution in [0.5, 0.6) is 0 Å². The maximum atomic E-state index is 12.1. The number of amides is 2. The molecule has 2 amide bonds. The van der Waals surface area contributed by atoms with E-state index in [2.05, 4.69) is 25.5 Å². The summed E-state index contributed by atoms with van der Waals surface area (Å²) >= 11 is 0. The molecule has 0 aromatic carbocycles. The third kappa shape index (κ3) is 2.61. The number of nitrogens with one attached hydrogen (secondary N) is 2. The van der Waals surface area contributed by atoms with Gasteiger partial charge in [-0.2, -0.15) is 0 Å². The molecule has 0 spiro atoms. The molecule has 112 valence electrons. The van der Waals surface area contributed by atoms with Crippen LogP contribution in [0.3, 0.4) is 0 Å². The Balaban J connectivity index is 1.80. The molecule has 1 aromatic rings. The van der Waals surface area contributed by atoms with Crippen LogP contribution in [0.25, 0.3) is 0 Å². The lowest BCUT2D eigenvalue weighted by atomic mass is 9.81. The van der Waals surface area contributed by atoms with Crippen molar-refractivity contribution in [1.82, 2.24) is 20.6 Å². The highest BCUT2D eigenvalue weighted by atomic mass is 16.2. The van der Waals surface area contributed by atoms with E-state index in [0.717, 1.165) is 31.9 Å². The fraction of sp³-hybridized carbons (Fsp3) is 0.571. The van der Waals surface area contributed by atoms with E-state index in [1.165, 1.54) is 0 Å². The summed E-state index contributed by atoms with van der Waals surface area (Å²) < 4.78 is 0. The van der Waals surface area contributed by atoms with E-state index < -0.39 is 5.41 Å². The number of piperidine rings is 1. The lowest BCUT2D eigenvalue weighted by Gasteiger charge is -2.31. The Bertz CT molecular complexity index is 553. The van der Waals surface area contributed by atoms with Gasteiger partial charge in [0.1, 0.15) is 11.2 Å². The number of aromatic nitrogens is 2. The minimum atomic E-state index is -0.824. The molecule has 21 heavy (non-hydrogen) atoms. The van der Waals surface area contributed by atoms with Crippen molar-refractivity contribution in [3.63, 3.8) is 0 Å². The smallest absolute Gasteiger partial charge is 0.240 e. The van der Waals surface area contributed by atoms with Crippen molar-refractivity contribution < 1.29 is 9.59 Å². The molecule has 2 N–H and O–H groups in total. The fourth-order valence-corrected chi connectivity index (χ4v) is 2.71. The van der Waals surface area contributed by atoms with Gasteiger partial charge in [-0.15, -0.1) is 0 Å². The number of rotatable bonds is 2. The Morgan fingerprint density at radius 3 is 2.48 bits per heavy atom. The van der Waals surface area contributed by atoms with Gasteiger partial charge < -0.3 is 10.2 Å². The number of anilines is 1. The number of carbonyl (C=O) groups excluding carboxylic acids is 2. The van der Waals surface area contributed by atoms with E-state index in [-0.39, 0.29) is 11.8 Å². The SMILES string of the molecule is C[C@]1(c2ncc(N3CCNCC3)cn2)CCC(=O)NC1=O. The van der Waals surface area contributed by atoms with Gasteiger partial charge in [0.25, 0.3) is 0 Å². The van der Waals surface area contributed by atoms with Gasteiger partial charge in [0.05, 0.1) is 18.1 Å².